The number of nitrogens with two attached hydrogens (primary N) is 1. The van der Waals surface area contributed by atoms with Gasteiger partial charge in [-0.1, -0.05) is 0 Å². The molecule has 4 nitrogen and oxygen atoms in total. The number of hydrogen-bond acceptors (Lipinski definition) is 4. The van der Waals surface area contributed by atoms with Gasteiger partial charge in [0.25, 0.3) is 0 Å². The molecular formula is C9H21NO3. The van der Waals surface area contributed by atoms with Crippen LogP contribution in [0.4, 0.5) is 0 Å². The van der Waals surface area contributed by atoms with Gasteiger partial charge in [0, 0.05) is 13.0 Å². The Morgan fingerprint density at radius 3 is 2.15 bits per heavy atom. The van der Waals surface area contributed by atoms with E-state index in [1.807, 2.05) is 6.92 Å². The van der Waals surface area contributed by atoms with Crippen molar-refractivity contribution >= 4 is 5.78 Å². The van der Waals surface area contributed by atoms with Crippen molar-refractivity contribution in [2.24, 2.45) is 5.73 Å². The predicted molar refractivity (Wildman–Crippen MR) is 52.7 cm³/mol. The van der Waals surface area contributed by atoms with E-state index < -0.39 is 0 Å². The molecule has 0 aromatic heterocycles. The zero-order chi connectivity index (χ0) is 10.5. The molecule has 0 aliphatic rings. The van der Waals surface area contributed by atoms with E-state index in [1.54, 1.807) is 6.92 Å². The van der Waals surface area contributed by atoms with Gasteiger partial charge in [-0.05, 0) is 20.9 Å². The molecule has 0 aliphatic heterocycles. The fraction of sp³-hybridized carbons (Fsp3) is 0.889. The van der Waals surface area contributed by atoms with Crippen molar-refractivity contribution in [2.45, 2.75) is 20.3 Å². The minimum absolute atomic E-state index is 0.168. The van der Waals surface area contributed by atoms with Crippen LogP contribution in [0.5, 0.6) is 0 Å². The quantitative estimate of drug-likeness (QED) is 0.598. The van der Waals surface area contributed by atoms with Crippen LogP contribution in [0.1, 0.15) is 20.3 Å². The van der Waals surface area contributed by atoms with Crippen molar-refractivity contribution < 1.29 is 14.3 Å². The molecule has 0 rings (SSSR count). The standard InChI is InChI=1S/C8H16O3.CH5N/c1-3-10-6-7-11-5-4-8(2)9;1-2/h3-7H2,1-2H3;2H2,1H3. The molecule has 0 unspecified atom stereocenters. The zero-order valence-electron chi connectivity index (χ0n) is 8.84. The average molecular weight is 191 g/mol. The van der Waals surface area contributed by atoms with Gasteiger partial charge in [-0.15, -0.1) is 0 Å². The summed E-state index contributed by atoms with van der Waals surface area (Å²) in [6, 6.07) is 0. The monoisotopic (exact) mass is 191 g/mol. The van der Waals surface area contributed by atoms with Gasteiger partial charge in [0.15, 0.2) is 0 Å². The Kier molecular flexibility index (Phi) is 16.3. The van der Waals surface area contributed by atoms with Crippen molar-refractivity contribution in [1.82, 2.24) is 0 Å². The Balaban J connectivity index is 0. The van der Waals surface area contributed by atoms with Crippen molar-refractivity contribution in [3.63, 3.8) is 0 Å². The van der Waals surface area contributed by atoms with Crippen LogP contribution >= 0.6 is 0 Å². The fourth-order valence-corrected chi connectivity index (χ4v) is 0.580. The van der Waals surface area contributed by atoms with Crippen LogP contribution in [0.2, 0.25) is 0 Å². The van der Waals surface area contributed by atoms with Crippen molar-refractivity contribution in [2.75, 3.05) is 33.5 Å². The fourth-order valence-electron chi connectivity index (χ4n) is 0.580. The summed E-state index contributed by atoms with van der Waals surface area (Å²) in [5, 5.41) is 0. The lowest BCUT2D eigenvalue weighted by Crippen LogP contribution is -2.06. The first kappa shape index (κ1) is 15.0. The summed E-state index contributed by atoms with van der Waals surface area (Å²) in [6.45, 7) is 5.94. The number of hydrogen-bond donors (Lipinski definition) is 1. The first-order valence-electron chi connectivity index (χ1n) is 4.50. The number of rotatable bonds is 7. The van der Waals surface area contributed by atoms with E-state index in [4.69, 9.17) is 9.47 Å². The summed E-state index contributed by atoms with van der Waals surface area (Å²) >= 11 is 0. The lowest BCUT2D eigenvalue weighted by atomic mass is 10.3. The summed E-state index contributed by atoms with van der Waals surface area (Å²) in [6.07, 6.45) is 0.506. The second-order valence-corrected chi connectivity index (χ2v) is 2.26. The Labute approximate surface area is 80.4 Å². The van der Waals surface area contributed by atoms with Crippen LogP contribution in [0.25, 0.3) is 0 Å². The number of carbonyl (C=O) groups excluding carboxylic acids is 1. The lowest BCUT2D eigenvalue weighted by molar-refractivity contribution is -0.118. The molecule has 0 fully saturated rings. The van der Waals surface area contributed by atoms with E-state index >= 15 is 0 Å². The van der Waals surface area contributed by atoms with E-state index in [2.05, 4.69) is 5.73 Å². The zero-order valence-corrected chi connectivity index (χ0v) is 8.84. The summed E-state index contributed by atoms with van der Waals surface area (Å²) in [5.41, 5.74) is 4.50. The maximum absolute atomic E-state index is 10.4. The number of Topliss-reactive ketones (excluding diaryl/α,β-unsaturated/α-hetero) is 1. The van der Waals surface area contributed by atoms with E-state index in [0.29, 0.717) is 26.2 Å². The van der Waals surface area contributed by atoms with E-state index in [1.165, 1.54) is 7.05 Å². The van der Waals surface area contributed by atoms with Crippen LogP contribution < -0.4 is 5.73 Å². The molecule has 0 aliphatic carbocycles. The van der Waals surface area contributed by atoms with E-state index in [0.717, 1.165) is 6.61 Å². The van der Waals surface area contributed by atoms with Gasteiger partial charge in [-0.2, -0.15) is 0 Å². The smallest absolute Gasteiger partial charge is 0.132 e. The highest BCUT2D eigenvalue weighted by Gasteiger charge is 1.92. The Hall–Kier alpha value is -0.450. The summed E-state index contributed by atoms with van der Waals surface area (Å²) in [7, 11) is 1.50. The van der Waals surface area contributed by atoms with Crippen molar-refractivity contribution in [3.05, 3.63) is 0 Å². The Morgan fingerprint density at radius 2 is 1.69 bits per heavy atom. The summed E-state index contributed by atoms with van der Waals surface area (Å²) in [5.74, 6) is 0.168. The van der Waals surface area contributed by atoms with Gasteiger partial charge >= 0.3 is 0 Å². The van der Waals surface area contributed by atoms with Gasteiger partial charge in [-0.25, -0.2) is 0 Å². The molecule has 2 N–H and O–H groups in total. The minimum atomic E-state index is 0.168. The van der Waals surface area contributed by atoms with Gasteiger partial charge in [0.05, 0.1) is 19.8 Å². The lowest BCUT2D eigenvalue weighted by Gasteiger charge is -2.01. The van der Waals surface area contributed by atoms with Crippen LogP contribution in [0, 0.1) is 0 Å². The van der Waals surface area contributed by atoms with Gasteiger partial charge in [-0.3, -0.25) is 4.79 Å². The molecule has 0 spiro atoms. The Morgan fingerprint density at radius 1 is 1.15 bits per heavy atom. The number of ketones is 1. The van der Waals surface area contributed by atoms with Crippen LogP contribution in [-0.4, -0.2) is 39.3 Å². The molecule has 0 aromatic rings. The molecule has 0 heterocycles. The first-order chi connectivity index (χ1) is 6.27. The number of carbonyl (C=O) groups is 1. The molecule has 0 aromatic carbocycles. The van der Waals surface area contributed by atoms with E-state index in [9.17, 15) is 4.79 Å². The highest BCUT2D eigenvalue weighted by molar-refractivity contribution is 5.75. The topological polar surface area (TPSA) is 61.5 Å². The average Bonchev–Trinajstić information content (AvgIpc) is 2.14. The van der Waals surface area contributed by atoms with Gasteiger partial charge in [0.1, 0.15) is 5.78 Å². The second kappa shape index (κ2) is 14.1. The highest BCUT2D eigenvalue weighted by Crippen LogP contribution is 1.84. The molecular weight excluding hydrogens is 170 g/mol. The van der Waals surface area contributed by atoms with Gasteiger partial charge in [0.2, 0.25) is 0 Å². The van der Waals surface area contributed by atoms with Crippen LogP contribution in [0.3, 0.4) is 0 Å². The van der Waals surface area contributed by atoms with Gasteiger partial charge < -0.3 is 15.2 Å². The molecule has 4 heteroatoms. The first-order valence-corrected chi connectivity index (χ1v) is 4.50. The SMILES string of the molecule is CCOCCOCCC(C)=O.CN. The third kappa shape index (κ3) is 18.5. The van der Waals surface area contributed by atoms with Crippen molar-refractivity contribution in [1.29, 1.82) is 0 Å². The predicted octanol–water partition coefficient (Wildman–Crippen LogP) is 0.594. The van der Waals surface area contributed by atoms with Crippen molar-refractivity contribution in [3.8, 4) is 0 Å². The largest absolute Gasteiger partial charge is 0.379 e. The molecule has 0 saturated heterocycles. The molecule has 80 valence electrons. The normalized spacial score (nSPS) is 8.92. The molecule has 0 atom stereocenters. The third-order valence-corrected chi connectivity index (χ3v) is 1.17. The summed E-state index contributed by atoms with van der Waals surface area (Å²) < 4.78 is 10.1. The molecule has 0 bridgehead atoms. The maximum atomic E-state index is 10.4. The minimum Gasteiger partial charge on any atom is -0.379 e. The molecule has 0 radical (unpaired) electrons. The van der Waals surface area contributed by atoms with Crippen LogP contribution in [0.15, 0.2) is 0 Å². The molecule has 0 amide bonds. The molecule has 0 saturated carbocycles. The number of ether oxygens (including phenoxy) is 2. The Bertz CT molecular complexity index is 107. The highest BCUT2D eigenvalue weighted by atomic mass is 16.5. The molecule has 13 heavy (non-hydrogen) atoms. The summed E-state index contributed by atoms with van der Waals surface area (Å²) in [4.78, 5) is 10.4. The second-order valence-electron chi connectivity index (χ2n) is 2.26. The third-order valence-electron chi connectivity index (χ3n) is 1.17. The maximum Gasteiger partial charge on any atom is 0.132 e. The van der Waals surface area contributed by atoms with Crippen LogP contribution in [-0.2, 0) is 14.3 Å². The van der Waals surface area contributed by atoms with E-state index in [-0.39, 0.29) is 5.78 Å².